The zero-order valence-electron chi connectivity index (χ0n) is 11.6. The summed E-state index contributed by atoms with van der Waals surface area (Å²) in [5.74, 6) is 0.961. The number of fused-ring (bicyclic) bond motifs is 2. The van der Waals surface area contributed by atoms with Crippen molar-refractivity contribution in [2.24, 2.45) is 5.92 Å². The van der Waals surface area contributed by atoms with Crippen LogP contribution in [-0.4, -0.2) is 0 Å². The molecule has 94 valence electrons. The first kappa shape index (κ1) is 12.7. The van der Waals surface area contributed by atoms with E-state index in [0.717, 1.165) is 5.92 Å². The molecule has 0 nitrogen and oxygen atoms in total. The van der Waals surface area contributed by atoms with E-state index in [1.54, 1.807) is 11.1 Å². The maximum atomic E-state index is 2.41. The van der Waals surface area contributed by atoms with Crippen LogP contribution >= 0.6 is 0 Å². The number of aryl methyl sites for hydroxylation is 1. The van der Waals surface area contributed by atoms with Crippen molar-refractivity contribution in [3.8, 4) is 0 Å². The molecule has 1 spiro atoms. The first-order chi connectivity index (χ1) is 8.30. The van der Waals surface area contributed by atoms with Gasteiger partial charge in [0.15, 0.2) is 0 Å². The first-order valence-electron chi connectivity index (χ1n) is 7.39. The lowest BCUT2D eigenvalue weighted by atomic mass is 9.68. The summed E-state index contributed by atoms with van der Waals surface area (Å²) in [5.41, 5.74) is 3.91. The molecule has 2 aliphatic carbocycles. The summed E-state index contributed by atoms with van der Waals surface area (Å²) in [6, 6.07) is 9.15. The fourth-order valence-corrected chi connectivity index (χ4v) is 3.60. The van der Waals surface area contributed by atoms with Crippen LogP contribution in [0.15, 0.2) is 24.3 Å². The minimum atomic E-state index is 0.586. The molecule has 1 aromatic rings. The molecule has 1 aromatic carbocycles. The number of benzene rings is 1. The highest BCUT2D eigenvalue weighted by Crippen LogP contribution is 2.49. The van der Waals surface area contributed by atoms with E-state index < -0.39 is 0 Å². The maximum absolute atomic E-state index is 2.41. The Balaban J connectivity index is 0.000000514. The summed E-state index contributed by atoms with van der Waals surface area (Å²) >= 11 is 0. The molecule has 3 rings (SSSR count). The summed E-state index contributed by atoms with van der Waals surface area (Å²) < 4.78 is 0. The standard InChI is InChI=1S/C15H20.C2H6/c1-12-6-9-15(10-7-12)11-8-13-4-2-3-5-14(13)15;1-2/h2-5,12H,6-11H2,1H3;1-2H3. The third kappa shape index (κ3) is 2.27. The van der Waals surface area contributed by atoms with E-state index in [1.165, 1.54) is 38.5 Å². The number of rotatable bonds is 0. The fourth-order valence-electron chi connectivity index (χ4n) is 3.60. The molecular weight excluding hydrogens is 204 g/mol. The third-order valence-electron chi connectivity index (χ3n) is 4.69. The highest BCUT2D eigenvalue weighted by Gasteiger charge is 2.40. The Labute approximate surface area is 106 Å². The van der Waals surface area contributed by atoms with Gasteiger partial charge < -0.3 is 0 Å². The van der Waals surface area contributed by atoms with Crippen LogP contribution in [0.25, 0.3) is 0 Å². The van der Waals surface area contributed by atoms with E-state index in [-0.39, 0.29) is 0 Å². The van der Waals surface area contributed by atoms with Gasteiger partial charge in [-0.25, -0.2) is 0 Å². The predicted molar refractivity (Wildman–Crippen MR) is 75.4 cm³/mol. The van der Waals surface area contributed by atoms with E-state index in [4.69, 9.17) is 0 Å². The van der Waals surface area contributed by atoms with Gasteiger partial charge in [-0.3, -0.25) is 0 Å². The summed E-state index contributed by atoms with van der Waals surface area (Å²) in [7, 11) is 0. The highest BCUT2D eigenvalue weighted by atomic mass is 14.4. The van der Waals surface area contributed by atoms with Crippen molar-refractivity contribution in [2.75, 3.05) is 0 Å². The molecule has 0 unspecified atom stereocenters. The van der Waals surface area contributed by atoms with Crippen molar-refractivity contribution in [3.63, 3.8) is 0 Å². The molecule has 0 N–H and O–H groups in total. The van der Waals surface area contributed by atoms with Crippen molar-refractivity contribution >= 4 is 0 Å². The van der Waals surface area contributed by atoms with Crippen LogP contribution in [0.2, 0.25) is 0 Å². The first-order valence-corrected chi connectivity index (χ1v) is 7.39. The second-order valence-electron chi connectivity index (χ2n) is 5.62. The predicted octanol–water partition coefficient (Wildman–Crippen LogP) is 5.11. The smallest absolute Gasteiger partial charge is 0.00409 e. The minimum Gasteiger partial charge on any atom is -0.0683 e. The van der Waals surface area contributed by atoms with E-state index in [9.17, 15) is 0 Å². The second-order valence-corrected chi connectivity index (χ2v) is 5.62. The molecule has 0 heteroatoms. The lowest BCUT2D eigenvalue weighted by Gasteiger charge is -2.37. The van der Waals surface area contributed by atoms with Gasteiger partial charge in [0.25, 0.3) is 0 Å². The van der Waals surface area contributed by atoms with Crippen LogP contribution < -0.4 is 0 Å². The van der Waals surface area contributed by atoms with Crippen LogP contribution in [0.5, 0.6) is 0 Å². The molecule has 0 atom stereocenters. The molecule has 0 aliphatic heterocycles. The monoisotopic (exact) mass is 230 g/mol. The Morgan fingerprint density at radius 3 is 2.35 bits per heavy atom. The summed E-state index contributed by atoms with van der Waals surface area (Å²) in [6.45, 7) is 6.41. The van der Waals surface area contributed by atoms with Gasteiger partial charge in [0.1, 0.15) is 0 Å². The van der Waals surface area contributed by atoms with Crippen molar-refractivity contribution in [3.05, 3.63) is 35.4 Å². The average molecular weight is 230 g/mol. The van der Waals surface area contributed by atoms with E-state index in [2.05, 4.69) is 31.2 Å². The Bertz CT molecular complexity index is 356. The lowest BCUT2D eigenvalue weighted by molar-refractivity contribution is 0.241. The quantitative estimate of drug-likeness (QED) is 0.581. The van der Waals surface area contributed by atoms with Crippen LogP contribution in [-0.2, 0) is 11.8 Å². The zero-order chi connectivity index (χ0) is 12.3. The molecular formula is C17H26. The van der Waals surface area contributed by atoms with Crippen LogP contribution in [0.4, 0.5) is 0 Å². The lowest BCUT2D eigenvalue weighted by Crippen LogP contribution is -2.28. The van der Waals surface area contributed by atoms with Gasteiger partial charge >= 0.3 is 0 Å². The highest BCUT2D eigenvalue weighted by molar-refractivity contribution is 5.39. The van der Waals surface area contributed by atoms with E-state index in [1.807, 2.05) is 13.8 Å². The normalized spacial score (nSPS) is 30.6. The molecule has 0 radical (unpaired) electrons. The van der Waals surface area contributed by atoms with Crippen molar-refractivity contribution in [1.29, 1.82) is 0 Å². The molecule has 0 aromatic heterocycles. The van der Waals surface area contributed by atoms with Crippen molar-refractivity contribution in [1.82, 2.24) is 0 Å². The average Bonchev–Trinajstić information content (AvgIpc) is 2.76. The molecule has 2 aliphatic rings. The van der Waals surface area contributed by atoms with E-state index >= 15 is 0 Å². The largest absolute Gasteiger partial charge is 0.0683 e. The van der Waals surface area contributed by atoms with Gasteiger partial charge in [-0.1, -0.05) is 45.0 Å². The molecule has 1 saturated carbocycles. The van der Waals surface area contributed by atoms with Crippen LogP contribution in [0.3, 0.4) is 0 Å². The van der Waals surface area contributed by atoms with Gasteiger partial charge in [-0.2, -0.15) is 0 Å². The Morgan fingerprint density at radius 2 is 1.65 bits per heavy atom. The topological polar surface area (TPSA) is 0 Å². The Hall–Kier alpha value is -0.780. The molecule has 0 bridgehead atoms. The van der Waals surface area contributed by atoms with E-state index in [0.29, 0.717) is 5.41 Å². The van der Waals surface area contributed by atoms with Crippen LogP contribution in [0, 0.1) is 5.92 Å². The molecule has 0 saturated heterocycles. The summed E-state index contributed by atoms with van der Waals surface area (Å²) in [4.78, 5) is 0. The fraction of sp³-hybridized carbons (Fsp3) is 0.647. The SMILES string of the molecule is CC.CC1CCC2(CCc3ccccc32)CC1. The number of hydrogen-bond acceptors (Lipinski definition) is 0. The van der Waals surface area contributed by atoms with Crippen molar-refractivity contribution < 1.29 is 0 Å². The molecule has 0 amide bonds. The zero-order valence-corrected chi connectivity index (χ0v) is 11.6. The minimum absolute atomic E-state index is 0.586. The summed E-state index contributed by atoms with van der Waals surface area (Å²) in [5, 5.41) is 0. The third-order valence-corrected chi connectivity index (χ3v) is 4.69. The summed E-state index contributed by atoms with van der Waals surface area (Å²) in [6.07, 6.45) is 8.49. The molecule has 0 heterocycles. The van der Waals surface area contributed by atoms with Gasteiger partial charge in [-0.05, 0) is 61.0 Å². The second kappa shape index (κ2) is 5.25. The van der Waals surface area contributed by atoms with Gasteiger partial charge in [0.05, 0.1) is 0 Å². The van der Waals surface area contributed by atoms with Crippen molar-refractivity contribution in [2.45, 2.75) is 64.7 Å². The van der Waals surface area contributed by atoms with Gasteiger partial charge in [0.2, 0.25) is 0 Å². The molecule has 17 heavy (non-hydrogen) atoms. The van der Waals surface area contributed by atoms with Gasteiger partial charge in [-0.15, -0.1) is 0 Å². The maximum Gasteiger partial charge on any atom is -0.00409 e. The Kier molecular flexibility index (Phi) is 3.91. The van der Waals surface area contributed by atoms with Crippen LogP contribution in [0.1, 0.15) is 64.0 Å². The Morgan fingerprint density at radius 1 is 1.00 bits per heavy atom. The molecule has 1 fully saturated rings. The number of hydrogen-bond donors (Lipinski definition) is 0. The van der Waals surface area contributed by atoms with Gasteiger partial charge in [0, 0.05) is 0 Å².